The predicted octanol–water partition coefficient (Wildman–Crippen LogP) is 19.3. The summed E-state index contributed by atoms with van der Waals surface area (Å²) in [5, 5.41) is 9.48. The van der Waals surface area contributed by atoms with E-state index in [2.05, 4.69) is 275 Å². The molecule has 0 aliphatic carbocycles. The molecule has 2 aromatic heterocycles. The van der Waals surface area contributed by atoms with Crippen molar-refractivity contribution in [1.29, 1.82) is 0 Å². The van der Waals surface area contributed by atoms with Gasteiger partial charge in [0.25, 0.3) is 0 Å². The summed E-state index contributed by atoms with van der Waals surface area (Å²) in [4.78, 5) is 4.74. The van der Waals surface area contributed by atoms with Gasteiger partial charge in [0.2, 0.25) is 0 Å². The minimum Gasteiger partial charge on any atom is -0.456 e. The molecule has 338 valence electrons. The third-order valence-electron chi connectivity index (χ3n) is 14.3. The van der Waals surface area contributed by atoms with Crippen LogP contribution in [0.5, 0.6) is 0 Å². The van der Waals surface area contributed by atoms with Crippen LogP contribution in [0.2, 0.25) is 0 Å². The number of hydrogen-bond donors (Lipinski definition) is 0. The molecule has 0 atom stereocenters. The monoisotopic (exact) mass is 919 g/mol. The maximum atomic E-state index is 6.56. The van der Waals surface area contributed by atoms with E-state index in [0.717, 1.165) is 78.4 Å². The highest BCUT2D eigenvalue weighted by Gasteiger charge is 2.22. The SMILES string of the molecule is c1ccc(-c2ccc(N(c3ccccc3)c3cc(-c4ccc5c6cc7ccccc7cc6n(-c6cccc7ccccc67)c5c4)cc(N(c4ccccc4)c4ccc5c(c4)oc4ccccc45)c3)cc2)cc1. The van der Waals surface area contributed by atoms with E-state index >= 15 is 0 Å². The number of para-hydroxylation sites is 3. The lowest BCUT2D eigenvalue weighted by molar-refractivity contribution is 0.669. The molecule has 14 aromatic rings. The average Bonchev–Trinajstić information content (AvgIpc) is 3.97. The smallest absolute Gasteiger partial charge is 0.137 e. The molecule has 4 heteroatoms. The highest BCUT2D eigenvalue weighted by atomic mass is 16.3. The predicted molar refractivity (Wildman–Crippen MR) is 303 cm³/mol. The van der Waals surface area contributed by atoms with Crippen molar-refractivity contribution in [1.82, 2.24) is 4.57 Å². The number of fused-ring (bicyclic) bond motifs is 8. The number of benzene rings is 12. The van der Waals surface area contributed by atoms with Crippen molar-refractivity contribution >= 4 is 99.4 Å². The molecule has 2 heterocycles. The van der Waals surface area contributed by atoms with Crippen molar-refractivity contribution in [3.63, 3.8) is 0 Å². The lowest BCUT2D eigenvalue weighted by Gasteiger charge is -2.30. The molecule has 14 rings (SSSR count). The van der Waals surface area contributed by atoms with Gasteiger partial charge in [0, 0.05) is 67.1 Å². The highest BCUT2D eigenvalue weighted by molar-refractivity contribution is 6.15. The largest absolute Gasteiger partial charge is 0.456 e. The first kappa shape index (κ1) is 41.3. The molecule has 4 nitrogen and oxygen atoms in total. The van der Waals surface area contributed by atoms with E-state index in [1.54, 1.807) is 0 Å². The number of anilines is 6. The summed E-state index contributed by atoms with van der Waals surface area (Å²) < 4.78 is 9.04. The van der Waals surface area contributed by atoms with Crippen LogP contribution in [-0.4, -0.2) is 4.57 Å². The van der Waals surface area contributed by atoms with Crippen LogP contribution in [0.1, 0.15) is 0 Å². The Morgan fingerprint density at radius 1 is 0.250 bits per heavy atom. The van der Waals surface area contributed by atoms with E-state index in [1.807, 2.05) is 12.1 Å². The van der Waals surface area contributed by atoms with Crippen LogP contribution < -0.4 is 9.80 Å². The molecule has 0 saturated heterocycles. The molecule has 12 aromatic carbocycles. The van der Waals surface area contributed by atoms with Gasteiger partial charge in [0.05, 0.1) is 16.7 Å². The van der Waals surface area contributed by atoms with Gasteiger partial charge in [-0.1, -0.05) is 170 Å². The minimum atomic E-state index is 0.842. The molecule has 0 bridgehead atoms. The van der Waals surface area contributed by atoms with E-state index in [4.69, 9.17) is 4.42 Å². The Labute approximate surface area is 417 Å². The fraction of sp³-hybridized carbons (Fsp3) is 0. The fourth-order valence-electron chi connectivity index (χ4n) is 10.9. The van der Waals surface area contributed by atoms with Crippen molar-refractivity contribution in [2.75, 3.05) is 9.80 Å². The van der Waals surface area contributed by atoms with Gasteiger partial charge in [-0.3, -0.25) is 0 Å². The van der Waals surface area contributed by atoms with Gasteiger partial charge < -0.3 is 18.8 Å². The number of hydrogen-bond acceptors (Lipinski definition) is 3. The molecule has 0 N–H and O–H groups in total. The van der Waals surface area contributed by atoms with Crippen LogP contribution in [0.15, 0.2) is 277 Å². The third-order valence-corrected chi connectivity index (χ3v) is 14.3. The van der Waals surface area contributed by atoms with E-state index in [-0.39, 0.29) is 0 Å². The molecule has 0 aliphatic heterocycles. The van der Waals surface area contributed by atoms with Gasteiger partial charge in [0.15, 0.2) is 0 Å². The highest BCUT2D eigenvalue weighted by Crippen LogP contribution is 2.46. The number of furan rings is 1. The molecule has 0 saturated carbocycles. The van der Waals surface area contributed by atoms with Crippen LogP contribution in [0.4, 0.5) is 34.1 Å². The van der Waals surface area contributed by atoms with Gasteiger partial charge in [-0.25, -0.2) is 0 Å². The number of rotatable bonds is 9. The van der Waals surface area contributed by atoms with Gasteiger partial charge >= 0.3 is 0 Å². The van der Waals surface area contributed by atoms with Crippen molar-refractivity contribution in [3.05, 3.63) is 273 Å². The van der Waals surface area contributed by atoms with Gasteiger partial charge in [-0.15, -0.1) is 0 Å². The molecular weight excluding hydrogens is 875 g/mol. The Kier molecular flexibility index (Phi) is 9.82. The lowest BCUT2D eigenvalue weighted by Crippen LogP contribution is -2.13. The maximum Gasteiger partial charge on any atom is 0.137 e. The van der Waals surface area contributed by atoms with Gasteiger partial charge in [-0.05, 0) is 135 Å². The average molecular weight is 920 g/mol. The summed E-state index contributed by atoms with van der Waals surface area (Å²) in [6.45, 7) is 0. The summed E-state index contributed by atoms with van der Waals surface area (Å²) in [6.07, 6.45) is 0. The topological polar surface area (TPSA) is 24.6 Å². The number of nitrogens with zero attached hydrogens (tertiary/aromatic N) is 3. The zero-order valence-electron chi connectivity index (χ0n) is 39.2. The second kappa shape index (κ2) is 17.1. The van der Waals surface area contributed by atoms with Gasteiger partial charge in [0.1, 0.15) is 11.2 Å². The summed E-state index contributed by atoms with van der Waals surface area (Å²) in [6, 6.07) is 98.7. The molecular formula is C68H45N3O. The lowest BCUT2D eigenvalue weighted by atomic mass is 9.99. The summed E-state index contributed by atoms with van der Waals surface area (Å²) in [5.74, 6) is 0. The quantitative estimate of drug-likeness (QED) is 0.144. The number of aromatic nitrogens is 1. The Bertz CT molecular complexity index is 4320. The molecule has 0 unspecified atom stereocenters. The summed E-state index contributed by atoms with van der Waals surface area (Å²) in [7, 11) is 0. The molecule has 0 amide bonds. The van der Waals surface area contributed by atoms with Crippen molar-refractivity contribution < 1.29 is 4.42 Å². The van der Waals surface area contributed by atoms with E-state index in [1.165, 1.54) is 49.0 Å². The maximum absolute atomic E-state index is 6.56. The summed E-state index contributed by atoms with van der Waals surface area (Å²) >= 11 is 0. The zero-order valence-corrected chi connectivity index (χ0v) is 39.2. The van der Waals surface area contributed by atoms with Crippen LogP contribution in [0.3, 0.4) is 0 Å². The first-order valence-corrected chi connectivity index (χ1v) is 24.6. The van der Waals surface area contributed by atoms with Crippen molar-refractivity contribution in [2.45, 2.75) is 0 Å². The Hall–Kier alpha value is -9.64. The van der Waals surface area contributed by atoms with Crippen LogP contribution in [-0.2, 0) is 0 Å². The first-order chi connectivity index (χ1) is 35.7. The third kappa shape index (κ3) is 7.08. The summed E-state index contributed by atoms with van der Waals surface area (Å²) in [5.41, 5.74) is 15.9. The Morgan fingerprint density at radius 2 is 0.764 bits per heavy atom. The Morgan fingerprint density at radius 3 is 1.50 bits per heavy atom. The molecule has 0 radical (unpaired) electrons. The molecule has 0 aliphatic rings. The molecule has 0 fully saturated rings. The van der Waals surface area contributed by atoms with Crippen LogP contribution in [0, 0.1) is 0 Å². The van der Waals surface area contributed by atoms with Crippen molar-refractivity contribution in [2.24, 2.45) is 0 Å². The fourth-order valence-corrected chi connectivity index (χ4v) is 10.9. The second-order valence-electron chi connectivity index (χ2n) is 18.6. The van der Waals surface area contributed by atoms with E-state index < -0.39 is 0 Å². The first-order valence-electron chi connectivity index (χ1n) is 24.6. The Balaban J connectivity index is 1.03. The zero-order chi connectivity index (χ0) is 47.5. The van der Waals surface area contributed by atoms with Crippen LogP contribution in [0.25, 0.3) is 93.2 Å². The van der Waals surface area contributed by atoms with Crippen LogP contribution >= 0.6 is 0 Å². The molecule has 72 heavy (non-hydrogen) atoms. The van der Waals surface area contributed by atoms with E-state index in [9.17, 15) is 0 Å². The minimum absolute atomic E-state index is 0.842. The standard InChI is InChI=1S/C68H45N3O/c1-4-17-46(18-5-1)47-31-34-55(35-32-47)69(53-23-6-2-7-24-53)57-39-52(40-58(44-57)70(54-25-8-3-9-26-54)56-36-38-62-61-28-14-15-30-67(61)72-68(62)45-56)51-33-37-60-63-41-49-20-10-11-21-50(49)42-66(63)71(65(60)43-51)64-29-16-22-48-19-12-13-27-59(48)64/h1-45H. The second-order valence-corrected chi connectivity index (χ2v) is 18.6. The van der Waals surface area contributed by atoms with E-state index in [0.29, 0.717) is 0 Å². The molecule has 0 spiro atoms. The normalized spacial score (nSPS) is 11.6. The van der Waals surface area contributed by atoms with Crippen molar-refractivity contribution in [3.8, 4) is 27.9 Å². The van der Waals surface area contributed by atoms with Gasteiger partial charge in [-0.2, -0.15) is 0 Å².